The molecule has 0 aromatic heterocycles. The largest absolute Gasteiger partial charge is 0.548 e. The molecule has 20 heteroatoms. The number of carboxylic acid groups (broad SMARTS) is 1. The lowest BCUT2D eigenvalue weighted by Crippen LogP contribution is -2.62. The Kier molecular flexibility index (Phi) is 10.6. The van der Waals surface area contributed by atoms with Gasteiger partial charge in [0.2, 0.25) is 0 Å². The van der Waals surface area contributed by atoms with Crippen LogP contribution in [0, 0.1) is 0 Å². The molecule has 0 aliphatic heterocycles. The van der Waals surface area contributed by atoms with Crippen LogP contribution in [0.15, 0.2) is 18.2 Å². The van der Waals surface area contributed by atoms with Gasteiger partial charge in [0.1, 0.15) is 5.75 Å². The van der Waals surface area contributed by atoms with Gasteiger partial charge in [-0.25, -0.2) is 4.79 Å². The van der Waals surface area contributed by atoms with Crippen molar-refractivity contribution in [1.82, 2.24) is 5.32 Å². The van der Waals surface area contributed by atoms with Crippen molar-refractivity contribution in [2.45, 2.75) is 81.1 Å². The van der Waals surface area contributed by atoms with E-state index in [0.717, 1.165) is 11.4 Å². The highest BCUT2D eigenvalue weighted by atomic mass is 19.4. The zero-order valence-corrected chi connectivity index (χ0v) is 20.8. The monoisotopic (exact) mass is 642 g/mol. The molecule has 0 saturated heterocycles. The summed E-state index contributed by atoms with van der Waals surface area (Å²) in [7, 11) is 0. The van der Waals surface area contributed by atoms with E-state index in [1.807, 2.05) is 0 Å². The summed E-state index contributed by atoms with van der Waals surface area (Å²) in [5.74, 6) is -37.9. The Bertz CT molecular complexity index is 1160. The van der Waals surface area contributed by atoms with E-state index in [-0.39, 0.29) is 12.8 Å². The number of nitrogens with one attached hydrogen (secondary N) is 1. The maximum absolute atomic E-state index is 13.7. The zero-order chi connectivity index (χ0) is 33.3. The standard InChI is InChI=1S/C22H19F14NO5/c1-3-4-9(2)11-7-10(5-6-13(11)42-16(41)18(25,26)20(29,30)22(34,35)36)8-12(14(38)39)37-15(40)17(23,24)19(27,28)21(31,32)33/h5-7,9,12H,3-4,8H2,1-2H3,(H,37,40)(H,38,39)/p-1. The van der Waals surface area contributed by atoms with Crippen LogP contribution in [0.4, 0.5) is 61.5 Å². The third kappa shape index (κ3) is 7.16. The minimum absolute atomic E-state index is 0.0719. The molecule has 0 fully saturated rings. The van der Waals surface area contributed by atoms with Crippen LogP contribution in [-0.4, -0.2) is 59.9 Å². The van der Waals surface area contributed by atoms with Crippen molar-refractivity contribution in [2.75, 3.05) is 0 Å². The van der Waals surface area contributed by atoms with Gasteiger partial charge in [-0.1, -0.05) is 32.4 Å². The number of aliphatic carboxylic acids is 1. The third-order valence-electron chi connectivity index (χ3n) is 5.60. The Morgan fingerprint density at radius 1 is 0.833 bits per heavy atom. The summed E-state index contributed by atoms with van der Waals surface area (Å²) in [5, 5.41) is 12.1. The van der Waals surface area contributed by atoms with Gasteiger partial charge in [0, 0.05) is 0 Å². The number of ether oxygens (including phenoxy) is 1. The van der Waals surface area contributed by atoms with Crippen LogP contribution >= 0.6 is 0 Å². The molecule has 1 aromatic rings. The Balaban J connectivity index is 3.43. The molecule has 2 atom stereocenters. The average molecular weight is 642 g/mol. The predicted molar refractivity (Wildman–Crippen MR) is 108 cm³/mol. The predicted octanol–water partition coefficient (Wildman–Crippen LogP) is 4.94. The zero-order valence-electron chi connectivity index (χ0n) is 20.8. The van der Waals surface area contributed by atoms with Crippen molar-refractivity contribution in [1.29, 1.82) is 0 Å². The molecule has 1 aromatic carbocycles. The molecule has 0 heterocycles. The highest BCUT2D eigenvalue weighted by Crippen LogP contribution is 2.48. The van der Waals surface area contributed by atoms with E-state index >= 15 is 0 Å². The van der Waals surface area contributed by atoms with E-state index in [4.69, 9.17) is 0 Å². The lowest BCUT2D eigenvalue weighted by atomic mass is 9.92. The number of carboxylic acids is 1. The van der Waals surface area contributed by atoms with Crippen molar-refractivity contribution < 1.29 is 85.7 Å². The maximum Gasteiger partial charge on any atom is 0.460 e. The number of benzene rings is 1. The fraction of sp³-hybridized carbons (Fsp3) is 0.591. The minimum Gasteiger partial charge on any atom is -0.548 e. The molecular weight excluding hydrogens is 624 g/mol. The lowest BCUT2D eigenvalue weighted by Gasteiger charge is -2.29. The number of hydrogen-bond acceptors (Lipinski definition) is 5. The molecule has 6 nitrogen and oxygen atoms in total. The summed E-state index contributed by atoms with van der Waals surface area (Å²) < 4.78 is 186. The smallest absolute Gasteiger partial charge is 0.460 e. The molecule has 42 heavy (non-hydrogen) atoms. The molecule has 0 aliphatic rings. The van der Waals surface area contributed by atoms with Crippen LogP contribution in [0.2, 0.25) is 0 Å². The van der Waals surface area contributed by atoms with Crippen molar-refractivity contribution >= 4 is 17.8 Å². The van der Waals surface area contributed by atoms with Gasteiger partial charge >= 0.3 is 42.0 Å². The Labute approximate surface area is 226 Å². The molecule has 1 amide bonds. The molecule has 2 unspecified atom stereocenters. The van der Waals surface area contributed by atoms with Gasteiger partial charge in [-0.2, -0.15) is 61.5 Å². The quantitative estimate of drug-likeness (QED) is 0.198. The van der Waals surface area contributed by atoms with Gasteiger partial charge in [-0.05, 0) is 36.0 Å². The number of alkyl halides is 14. The Morgan fingerprint density at radius 2 is 1.31 bits per heavy atom. The van der Waals surface area contributed by atoms with Gasteiger partial charge in [0.15, 0.2) is 0 Å². The highest BCUT2D eigenvalue weighted by molar-refractivity contribution is 5.88. The fourth-order valence-corrected chi connectivity index (χ4v) is 3.26. The SMILES string of the molecule is CCCC(C)c1cc(CC(NC(=O)C(F)(F)C(F)(F)C(F)(F)F)C(=O)[O-])ccc1OC(=O)C(F)(F)C(F)(F)C(F)(F)F. The van der Waals surface area contributed by atoms with E-state index < -0.39 is 89.1 Å². The Hall–Kier alpha value is -3.35. The molecule has 0 aliphatic carbocycles. The first-order valence-corrected chi connectivity index (χ1v) is 11.2. The van der Waals surface area contributed by atoms with E-state index in [1.165, 1.54) is 6.92 Å². The third-order valence-corrected chi connectivity index (χ3v) is 5.60. The first-order valence-electron chi connectivity index (χ1n) is 11.2. The van der Waals surface area contributed by atoms with Crippen molar-refractivity contribution in [3.8, 4) is 5.75 Å². The number of halogens is 14. The molecule has 240 valence electrons. The average Bonchev–Trinajstić information content (AvgIpc) is 2.82. The molecule has 1 rings (SSSR count). The van der Waals surface area contributed by atoms with Gasteiger partial charge in [0.25, 0.3) is 5.91 Å². The highest BCUT2D eigenvalue weighted by Gasteiger charge is 2.78. The molecule has 1 N–H and O–H groups in total. The number of rotatable bonds is 12. The summed E-state index contributed by atoms with van der Waals surface area (Å²) in [4.78, 5) is 34.6. The Morgan fingerprint density at radius 3 is 1.74 bits per heavy atom. The second-order valence-corrected chi connectivity index (χ2v) is 8.79. The van der Waals surface area contributed by atoms with Gasteiger partial charge in [-0.3, -0.25) is 4.79 Å². The topological polar surface area (TPSA) is 95.5 Å². The second-order valence-electron chi connectivity index (χ2n) is 8.79. The van der Waals surface area contributed by atoms with Crippen LogP contribution in [0.25, 0.3) is 0 Å². The van der Waals surface area contributed by atoms with Crippen LogP contribution in [0.5, 0.6) is 5.75 Å². The maximum atomic E-state index is 13.7. The number of carbonyl (C=O) groups excluding carboxylic acids is 3. The fourth-order valence-electron chi connectivity index (χ4n) is 3.26. The van der Waals surface area contributed by atoms with E-state index in [1.54, 1.807) is 6.92 Å². The molecule has 0 bridgehead atoms. The van der Waals surface area contributed by atoms with E-state index in [9.17, 15) is 81.0 Å². The van der Waals surface area contributed by atoms with Crippen molar-refractivity contribution in [3.05, 3.63) is 29.3 Å². The van der Waals surface area contributed by atoms with E-state index in [0.29, 0.717) is 12.1 Å². The van der Waals surface area contributed by atoms with E-state index in [2.05, 4.69) is 4.74 Å². The lowest BCUT2D eigenvalue weighted by molar-refractivity contribution is -0.346. The normalized spacial score (nSPS) is 15.1. The first-order chi connectivity index (χ1) is 18.7. The van der Waals surface area contributed by atoms with Crippen molar-refractivity contribution in [3.63, 3.8) is 0 Å². The summed E-state index contributed by atoms with van der Waals surface area (Å²) in [5.41, 5.74) is -0.869. The summed E-state index contributed by atoms with van der Waals surface area (Å²) in [6.45, 7) is 2.82. The molecule has 0 saturated carbocycles. The summed E-state index contributed by atoms with van der Waals surface area (Å²) >= 11 is 0. The molecule has 0 spiro atoms. The number of amides is 1. The van der Waals surface area contributed by atoms with Crippen LogP contribution in [-0.2, 0) is 20.8 Å². The number of esters is 1. The van der Waals surface area contributed by atoms with Crippen LogP contribution in [0.1, 0.15) is 43.7 Å². The molecular formula is C22H18F14NO5-. The minimum atomic E-state index is -6.94. The van der Waals surface area contributed by atoms with Gasteiger partial charge in [-0.15, -0.1) is 0 Å². The summed E-state index contributed by atoms with van der Waals surface area (Å²) in [6, 6.07) is -0.898. The van der Waals surface area contributed by atoms with Gasteiger partial charge in [0.05, 0.1) is 12.0 Å². The molecule has 0 radical (unpaired) electrons. The summed E-state index contributed by atoms with van der Waals surface area (Å²) in [6.07, 6.45) is -14.7. The van der Waals surface area contributed by atoms with Gasteiger partial charge < -0.3 is 20.0 Å². The number of carbonyl (C=O) groups is 3. The number of hydrogen-bond donors (Lipinski definition) is 1. The first kappa shape index (κ1) is 36.7. The van der Waals surface area contributed by atoms with Crippen LogP contribution in [0.3, 0.4) is 0 Å². The van der Waals surface area contributed by atoms with Crippen molar-refractivity contribution in [2.24, 2.45) is 0 Å². The van der Waals surface area contributed by atoms with Crippen LogP contribution < -0.4 is 15.2 Å². The second kappa shape index (κ2) is 12.1.